The van der Waals surface area contributed by atoms with Crippen LogP contribution in [0.4, 0.5) is 5.82 Å². The summed E-state index contributed by atoms with van der Waals surface area (Å²) in [7, 11) is 0. The SMILES string of the molecule is Cc1cccc(-c2cnn(-c3nc(N4CCOCC4)c4oc(CO)cc4n3)c2)c1. The summed E-state index contributed by atoms with van der Waals surface area (Å²) in [4.78, 5) is 11.5. The Morgan fingerprint density at radius 3 is 2.76 bits per heavy atom. The van der Waals surface area contributed by atoms with Crippen molar-refractivity contribution in [3.63, 3.8) is 0 Å². The van der Waals surface area contributed by atoms with E-state index in [1.54, 1.807) is 10.7 Å². The number of benzene rings is 1. The highest BCUT2D eigenvalue weighted by Crippen LogP contribution is 2.29. The molecule has 5 rings (SSSR count). The monoisotopic (exact) mass is 391 g/mol. The summed E-state index contributed by atoms with van der Waals surface area (Å²) in [5.41, 5.74) is 4.50. The molecule has 0 radical (unpaired) electrons. The van der Waals surface area contributed by atoms with Gasteiger partial charge in [0.15, 0.2) is 11.4 Å². The smallest absolute Gasteiger partial charge is 0.253 e. The van der Waals surface area contributed by atoms with Crippen molar-refractivity contribution >= 4 is 16.9 Å². The lowest BCUT2D eigenvalue weighted by molar-refractivity contribution is 0.122. The third-order valence-electron chi connectivity index (χ3n) is 5.00. The summed E-state index contributed by atoms with van der Waals surface area (Å²) in [6.07, 6.45) is 3.73. The average Bonchev–Trinajstić information content (AvgIpc) is 3.41. The van der Waals surface area contributed by atoms with Crippen molar-refractivity contribution in [2.24, 2.45) is 0 Å². The number of furan rings is 1. The first-order valence-corrected chi connectivity index (χ1v) is 9.57. The van der Waals surface area contributed by atoms with Gasteiger partial charge in [-0.3, -0.25) is 0 Å². The Labute approximate surface area is 167 Å². The van der Waals surface area contributed by atoms with E-state index in [2.05, 4.69) is 40.1 Å². The Morgan fingerprint density at radius 1 is 1.10 bits per heavy atom. The van der Waals surface area contributed by atoms with Crippen LogP contribution in [0.5, 0.6) is 0 Å². The molecule has 8 heteroatoms. The summed E-state index contributed by atoms with van der Waals surface area (Å²) in [6, 6.07) is 10.0. The number of aromatic nitrogens is 4. The van der Waals surface area contributed by atoms with Crippen LogP contribution in [0.1, 0.15) is 11.3 Å². The maximum absolute atomic E-state index is 9.48. The van der Waals surface area contributed by atoms with Crippen molar-refractivity contribution in [3.8, 4) is 17.1 Å². The van der Waals surface area contributed by atoms with E-state index in [4.69, 9.17) is 14.1 Å². The molecule has 1 fully saturated rings. The summed E-state index contributed by atoms with van der Waals surface area (Å²) < 4.78 is 12.9. The van der Waals surface area contributed by atoms with Crippen LogP contribution in [-0.2, 0) is 11.3 Å². The third-order valence-corrected chi connectivity index (χ3v) is 5.00. The fourth-order valence-corrected chi connectivity index (χ4v) is 3.53. The highest BCUT2D eigenvalue weighted by atomic mass is 16.5. The number of rotatable bonds is 4. The number of aryl methyl sites for hydroxylation is 1. The normalized spacial score (nSPS) is 14.6. The van der Waals surface area contributed by atoms with Gasteiger partial charge in [-0.1, -0.05) is 29.8 Å². The highest BCUT2D eigenvalue weighted by molar-refractivity contribution is 5.85. The minimum Gasteiger partial charge on any atom is -0.453 e. The quantitative estimate of drug-likeness (QED) is 0.572. The first kappa shape index (κ1) is 17.8. The van der Waals surface area contributed by atoms with Crippen LogP contribution in [0.15, 0.2) is 47.1 Å². The molecule has 0 unspecified atom stereocenters. The van der Waals surface area contributed by atoms with Crippen LogP contribution in [0, 0.1) is 6.92 Å². The number of morpholine rings is 1. The molecule has 29 heavy (non-hydrogen) atoms. The van der Waals surface area contributed by atoms with Crippen LogP contribution in [0.3, 0.4) is 0 Å². The zero-order valence-electron chi connectivity index (χ0n) is 16.1. The Bertz CT molecular complexity index is 1160. The van der Waals surface area contributed by atoms with Gasteiger partial charge in [0.2, 0.25) is 0 Å². The van der Waals surface area contributed by atoms with Crippen molar-refractivity contribution in [3.05, 3.63) is 54.0 Å². The second-order valence-electron chi connectivity index (χ2n) is 7.07. The van der Waals surface area contributed by atoms with Gasteiger partial charge in [-0.05, 0) is 12.5 Å². The minimum atomic E-state index is -0.187. The summed E-state index contributed by atoms with van der Waals surface area (Å²) >= 11 is 0. The molecule has 1 aromatic carbocycles. The average molecular weight is 391 g/mol. The molecule has 3 aromatic heterocycles. The molecule has 0 bridgehead atoms. The van der Waals surface area contributed by atoms with Crippen molar-refractivity contribution in [2.45, 2.75) is 13.5 Å². The fraction of sp³-hybridized carbons (Fsp3) is 0.286. The molecule has 1 N–H and O–H groups in total. The van der Waals surface area contributed by atoms with E-state index in [-0.39, 0.29) is 6.61 Å². The van der Waals surface area contributed by atoms with Gasteiger partial charge >= 0.3 is 0 Å². The number of ether oxygens (including phenoxy) is 1. The van der Waals surface area contributed by atoms with Crippen molar-refractivity contribution in [2.75, 3.05) is 31.2 Å². The van der Waals surface area contributed by atoms with E-state index in [1.807, 2.05) is 18.5 Å². The summed E-state index contributed by atoms with van der Waals surface area (Å²) in [5.74, 6) is 1.62. The molecule has 148 valence electrons. The summed E-state index contributed by atoms with van der Waals surface area (Å²) in [5, 5.41) is 14.0. The lowest BCUT2D eigenvalue weighted by Crippen LogP contribution is -2.37. The number of hydrogen-bond donors (Lipinski definition) is 1. The fourth-order valence-electron chi connectivity index (χ4n) is 3.53. The molecular weight excluding hydrogens is 370 g/mol. The van der Waals surface area contributed by atoms with Crippen molar-refractivity contribution < 1.29 is 14.3 Å². The zero-order valence-corrected chi connectivity index (χ0v) is 16.1. The molecule has 0 amide bonds. The van der Waals surface area contributed by atoms with Crippen molar-refractivity contribution in [1.82, 2.24) is 19.7 Å². The van der Waals surface area contributed by atoms with E-state index in [1.165, 1.54) is 5.56 Å². The second kappa shape index (κ2) is 7.31. The molecule has 0 aliphatic carbocycles. The number of aliphatic hydroxyl groups excluding tert-OH is 1. The molecule has 1 aliphatic rings. The van der Waals surface area contributed by atoms with E-state index in [9.17, 15) is 5.11 Å². The van der Waals surface area contributed by atoms with Gasteiger partial charge in [0, 0.05) is 30.9 Å². The number of anilines is 1. The molecule has 1 aliphatic heterocycles. The van der Waals surface area contributed by atoms with Gasteiger partial charge in [0.05, 0.1) is 19.4 Å². The Hall–Kier alpha value is -3.23. The number of hydrogen-bond acceptors (Lipinski definition) is 7. The summed E-state index contributed by atoms with van der Waals surface area (Å²) in [6.45, 7) is 4.58. The van der Waals surface area contributed by atoms with E-state index in [0.717, 1.165) is 11.1 Å². The van der Waals surface area contributed by atoms with Gasteiger partial charge < -0.3 is 19.2 Å². The standard InChI is InChI=1S/C21H21N5O3/c1-14-3-2-4-15(9-14)16-11-22-26(12-16)21-23-18-10-17(13-27)29-19(18)20(24-21)25-5-7-28-8-6-25/h2-4,9-12,27H,5-8,13H2,1H3. The van der Waals surface area contributed by atoms with Gasteiger partial charge in [0.25, 0.3) is 5.95 Å². The highest BCUT2D eigenvalue weighted by Gasteiger charge is 2.21. The lowest BCUT2D eigenvalue weighted by Gasteiger charge is -2.27. The third kappa shape index (κ3) is 3.37. The molecule has 8 nitrogen and oxygen atoms in total. The van der Waals surface area contributed by atoms with Crippen LogP contribution in [0.2, 0.25) is 0 Å². The first-order chi connectivity index (χ1) is 14.2. The van der Waals surface area contributed by atoms with Crippen LogP contribution >= 0.6 is 0 Å². The molecule has 0 atom stereocenters. The first-order valence-electron chi connectivity index (χ1n) is 9.57. The van der Waals surface area contributed by atoms with E-state index < -0.39 is 0 Å². The predicted molar refractivity (Wildman–Crippen MR) is 108 cm³/mol. The molecule has 0 spiro atoms. The molecule has 4 aromatic rings. The van der Waals surface area contributed by atoms with Crippen molar-refractivity contribution in [1.29, 1.82) is 0 Å². The number of fused-ring (bicyclic) bond motifs is 1. The van der Waals surface area contributed by atoms with Crippen LogP contribution in [-0.4, -0.2) is 51.2 Å². The van der Waals surface area contributed by atoms with Crippen LogP contribution in [0.25, 0.3) is 28.2 Å². The maximum Gasteiger partial charge on any atom is 0.253 e. The Balaban J connectivity index is 1.60. The molecule has 4 heterocycles. The topological polar surface area (TPSA) is 89.4 Å². The zero-order chi connectivity index (χ0) is 19.8. The van der Waals surface area contributed by atoms with Gasteiger partial charge in [-0.25, -0.2) is 9.67 Å². The minimum absolute atomic E-state index is 0.187. The Kier molecular flexibility index (Phi) is 4.49. The number of aliphatic hydroxyl groups is 1. The van der Waals surface area contributed by atoms with E-state index in [0.29, 0.717) is 54.9 Å². The lowest BCUT2D eigenvalue weighted by atomic mass is 10.1. The van der Waals surface area contributed by atoms with Gasteiger partial charge in [-0.2, -0.15) is 10.1 Å². The van der Waals surface area contributed by atoms with E-state index >= 15 is 0 Å². The Morgan fingerprint density at radius 2 is 1.97 bits per heavy atom. The maximum atomic E-state index is 9.48. The van der Waals surface area contributed by atoms with Crippen LogP contribution < -0.4 is 4.90 Å². The molecule has 1 saturated heterocycles. The second-order valence-corrected chi connectivity index (χ2v) is 7.07. The van der Waals surface area contributed by atoms with Gasteiger partial charge in [0.1, 0.15) is 17.9 Å². The van der Waals surface area contributed by atoms with Gasteiger partial charge in [-0.15, -0.1) is 0 Å². The molecular formula is C21H21N5O3. The number of nitrogens with zero attached hydrogens (tertiary/aromatic N) is 5. The molecule has 0 saturated carbocycles. The predicted octanol–water partition coefficient (Wildman–Crippen LogP) is 2.71. The largest absolute Gasteiger partial charge is 0.453 e.